The number of rotatable bonds is 1. The van der Waals surface area contributed by atoms with E-state index in [4.69, 9.17) is 0 Å². The van der Waals surface area contributed by atoms with E-state index in [0.717, 1.165) is 27.5 Å². The highest BCUT2D eigenvalue weighted by Crippen LogP contribution is 2.31. The lowest BCUT2D eigenvalue weighted by atomic mass is 10.0. The Bertz CT molecular complexity index is 819. The minimum Gasteiger partial charge on any atom is -0.319 e. The van der Waals surface area contributed by atoms with Crippen LogP contribution >= 0.6 is 0 Å². The molecule has 3 nitrogen and oxygen atoms in total. The van der Waals surface area contributed by atoms with Crippen molar-refractivity contribution in [3.63, 3.8) is 0 Å². The Kier molecular flexibility index (Phi) is 2.46. The second-order valence-electron chi connectivity index (χ2n) is 4.91. The third-order valence-corrected chi connectivity index (χ3v) is 3.58. The van der Waals surface area contributed by atoms with Gasteiger partial charge in [0.1, 0.15) is 6.07 Å². The summed E-state index contributed by atoms with van der Waals surface area (Å²) in [6.07, 6.45) is 0. The molecule has 3 aromatic rings. The Hall–Kier alpha value is -2.47. The molecule has 0 atom stereocenters. The Balaban J connectivity index is 2.61. The van der Waals surface area contributed by atoms with Gasteiger partial charge in [-0.25, -0.2) is 0 Å². The summed E-state index contributed by atoms with van der Waals surface area (Å²) in [6, 6.07) is 14.8. The van der Waals surface area contributed by atoms with Crippen molar-refractivity contribution in [1.29, 1.82) is 5.26 Å². The monoisotopic (exact) mass is 249 g/mol. The number of aromatic nitrogens is 1. The molecular formula is C16H15N3. The van der Waals surface area contributed by atoms with E-state index < -0.39 is 0 Å². The topological polar surface area (TPSA) is 32.0 Å². The van der Waals surface area contributed by atoms with Gasteiger partial charge in [0.25, 0.3) is 0 Å². The molecule has 3 rings (SSSR count). The minimum absolute atomic E-state index is 0.764. The zero-order valence-corrected chi connectivity index (χ0v) is 11.3. The molecule has 1 aromatic heterocycles. The number of nitriles is 1. The normalized spacial score (nSPS) is 10.8. The van der Waals surface area contributed by atoms with Crippen LogP contribution in [0.3, 0.4) is 0 Å². The second kappa shape index (κ2) is 4.03. The van der Waals surface area contributed by atoms with E-state index in [0.29, 0.717) is 0 Å². The highest BCUT2D eigenvalue weighted by Gasteiger charge is 2.16. The van der Waals surface area contributed by atoms with Crippen LogP contribution in [0.25, 0.3) is 21.7 Å². The van der Waals surface area contributed by atoms with Crippen LogP contribution in [0.4, 0.5) is 0 Å². The van der Waals surface area contributed by atoms with E-state index in [2.05, 4.69) is 35.0 Å². The fourth-order valence-corrected chi connectivity index (χ4v) is 2.82. The van der Waals surface area contributed by atoms with E-state index in [-0.39, 0.29) is 0 Å². The van der Waals surface area contributed by atoms with Gasteiger partial charge in [0, 0.05) is 19.5 Å². The van der Waals surface area contributed by atoms with Gasteiger partial charge in [-0.3, -0.25) is 4.68 Å². The van der Waals surface area contributed by atoms with E-state index >= 15 is 0 Å². The molecule has 0 radical (unpaired) electrons. The summed E-state index contributed by atoms with van der Waals surface area (Å²) in [6.45, 7) is 1.99. The van der Waals surface area contributed by atoms with Gasteiger partial charge in [-0.1, -0.05) is 30.3 Å². The molecule has 0 bridgehead atoms. The van der Waals surface area contributed by atoms with E-state index in [1.165, 1.54) is 5.39 Å². The highest BCUT2D eigenvalue weighted by atomic mass is 15.5. The van der Waals surface area contributed by atoms with Gasteiger partial charge in [-0.2, -0.15) is 5.26 Å². The Morgan fingerprint density at radius 3 is 2.53 bits per heavy atom. The first-order chi connectivity index (χ1) is 9.15. The number of nitrogens with zero attached hydrogens (tertiary/aromatic N) is 3. The van der Waals surface area contributed by atoms with Crippen molar-refractivity contribution in [2.75, 3.05) is 19.1 Å². The summed E-state index contributed by atoms with van der Waals surface area (Å²) < 4.78 is 2.08. The lowest BCUT2D eigenvalue weighted by molar-refractivity contribution is 0.737. The summed E-state index contributed by atoms with van der Waals surface area (Å²) in [5, 5.41) is 14.9. The third-order valence-electron chi connectivity index (χ3n) is 3.58. The SMILES string of the molecule is Cc1c(C#N)c2c3ccccc3ccc2n1N(C)C. The smallest absolute Gasteiger partial charge is 0.102 e. The fraction of sp³-hybridized carbons (Fsp3) is 0.188. The Labute approximate surface area is 112 Å². The van der Waals surface area contributed by atoms with Gasteiger partial charge >= 0.3 is 0 Å². The maximum absolute atomic E-state index is 9.49. The van der Waals surface area contributed by atoms with Crippen LogP contribution in [0, 0.1) is 18.3 Å². The molecule has 0 spiro atoms. The molecule has 0 amide bonds. The molecule has 0 saturated carbocycles. The molecule has 0 aliphatic heterocycles. The van der Waals surface area contributed by atoms with Gasteiger partial charge < -0.3 is 5.01 Å². The summed E-state index contributed by atoms with van der Waals surface area (Å²) in [4.78, 5) is 0. The first kappa shape index (κ1) is 11.6. The predicted molar refractivity (Wildman–Crippen MR) is 79.0 cm³/mol. The zero-order valence-electron chi connectivity index (χ0n) is 11.3. The van der Waals surface area contributed by atoms with Crippen molar-refractivity contribution < 1.29 is 0 Å². The largest absolute Gasteiger partial charge is 0.319 e. The molecular weight excluding hydrogens is 234 g/mol. The average molecular weight is 249 g/mol. The predicted octanol–water partition coefficient (Wildman–Crippen LogP) is 3.17. The maximum Gasteiger partial charge on any atom is 0.102 e. The van der Waals surface area contributed by atoms with E-state index in [1.54, 1.807) is 0 Å². The van der Waals surface area contributed by atoms with Crippen LogP contribution in [-0.2, 0) is 0 Å². The summed E-state index contributed by atoms with van der Waals surface area (Å²) in [5.41, 5.74) is 2.83. The van der Waals surface area contributed by atoms with Crippen molar-refractivity contribution in [2.45, 2.75) is 6.92 Å². The average Bonchev–Trinajstić information content (AvgIpc) is 2.70. The lowest BCUT2D eigenvalue weighted by Crippen LogP contribution is -2.25. The van der Waals surface area contributed by atoms with Crippen LogP contribution in [0.1, 0.15) is 11.3 Å². The molecule has 2 aromatic carbocycles. The zero-order chi connectivity index (χ0) is 13.6. The van der Waals surface area contributed by atoms with Crippen LogP contribution in [-0.4, -0.2) is 18.8 Å². The number of benzene rings is 2. The van der Waals surface area contributed by atoms with Crippen molar-refractivity contribution in [3.05, 3.63) is 47.7 Å². The first-order valence-electron chi connectivity index (χ1n) is 6.25. The molecule has 0 aliphatic carbocycles. The van der Waals surface area contributed by atoms with E-state index in [9.17, 15) is 5.26 Å². The molecule has 0 N–H and O–H groups in total. The van der Waals surface area contributed by atoms with Gasteiger partial charge in [-0.05, 0) is 23.8 Å². The molecule has 0 aliphatic rings. The second-order valence-corrected chi connectivity index (χ2v) is 4.91. The van der Waals surface area contributed by atoms with Gasteiger partial charge in [0.15, 0.2) is 0 Å². The molecule has 1 heterocycles. The molecule has 19 heavy (non-hydrogen) atoms. The van der Waals surface area contributed by atoms with Crippen molar-refractivity contribution in [3.8, 4) is 6.07 Å². The number of fused-ring (bicyclic) bond motifs is 3. The molecule has 0 unspecified atom stereocenters. The molecule has 94 valence electrons. The Morgan fingerprint density at radius 1 is 1.11 bits per heavy atom. The van der Waals surface area contributed by atoms with Crippen molar-refractivity contribution >= 4 is 21.7 Å². The molecule has 0 saturated heterocycles. The third kappa shape index (κ3) is 1.50. The van der Waals surface area contributed by atoms with Gasteiger partial charge in [0.05, 0.1) is 16.8 Å². The van der Waals surface area contributed by atoms with Crippen LogP contribution in [0.15, 0.2) is 36.4 Å². The van der Waals surface area contributed by atoms with Crippen LogP contribution in [0.2, 0.25) is 0 Å². The van der Waals surface area contributed by atoms with Crippen LogP contribution in [0.5, 0.6) is 0 Å². The summed E-state index contributed by atoms with van der Waals surface area (Å²) >= 11 is 0. The van der Waals surface area contributed by atoms with Crippen molar-refractivity contribution in [1.82, 2.24) is 4.68 Å². The fourth-order valence-electron chi connectivity index (χ4n) is 2.82. The maximum atomic E-state index is 9.49. The molecule has 0 fully saturated rings. The minimum atomic E-state index is 0.764. The lowest BCUT2D eigenvalue weighted by Gasteiger charge is -2.18. The summed E-state index contributed by atoms with van der Waals surface area (Å²) in [7, 11) is 3.98. The van der Waals surface area contributed by atoms with Gasteiger partial charge in [0.2, 0.25) is 0 Å². The standard InChI is InChI=1S/C16H15N3/c1-11-14(10-17)16-13-7-5-4-6-12(13)8-9-15(16)19(11)18(2)3/h4-9H,1-3H3. The van der Waals surface area contributed by atoms with Gasteiger partial charge in [-0.15, -0.1) is 0 Å². The molecule has 3 heteroatoms. The van der Waals surface area contributed by atoms with Crippen LogP contribution < -0.4 is 5.01 Å². The summed E-state index contributed by atoms with van der Waals surface area (Å²) in [5.74, 6) is 0. The first-order valence-corrected chi connectivity index (χ1v) is 6.25. The van der Waals surface area contributed by atoms with E-state index in [1.807, 2.05) is 38.2 Å². The number of hydrogen-bond acceptors (Lipinski definition) is 2. The highest BCUT2D eigenvalue weighted by molar-refractivity contribution is 6.10. The number of hydrogen-bond donors (Lipinski definition) is 0. The Morgan fingerprint density at radius 2 is 1.84 bits per heavy atom. The quantitative estimate of drug-likeness (QED) is 0.663. The van der Waals surface area contributed by atoms with Crippen molar-refractivity contribution in [2.24, 2.45) is 0 Å².